The molecule has 0 aromatic carbocycles. The summed E-state index contributed by atoms with van der Waals surface area (Å²) >= 11 is 0. The average molecular weight is 210 g/mol. The molecule has 1 aromatic heterocycles. The summed E-state index contributed by atoms with van der Waals surface area (Å²) in [5.74, 6) is 1.64. The Labute approximate surface area is 92.1 Å². The van der Waals surface area contributed by atoms with Gasteiger partial charge < -0.3 is 5.32 Å². The summed E-state index contributed by atoms with van der Waals surface area (Å²) in [5, 5.41) is 7.74. The quantitative estimate of drug-likeness (QED) is 0.771. The molecule has 0 fully saturated rings. The van der Waals surface area contributed by atoms with E-state index in [1.165, 1.54) is 6.42 Å². The maximum Gasteiger partial charge on any atom is 0.151 e. The van der Waals surface area contributed by atoms with Crippen molar-refractivity contribution in [3.63, 3.8) is 0 Å². The number of aromatic nitrogens is 3. The Morgan fingerprint density at radius 2 is 2.20 bits per heavy atom. The molecule has 2 unspecified atom stereocenters. The lowest BCUT2D eigenvalue weighted by Gasteiger charge is -2.19. The molecule has 4 heteroatoms. The highest BCUT2D eigenvalue weighted by atomic mass is 15.3. The molecular weight excluding hydrogens is 188 g/mol. The van der Waals surface area contributed by atoms with E-state index in [1.54, 1.807) is 11.0 Å². The third-order valence-electron chi connectivity index (χ3n) is 2.96. The maximum absolute atomic E-state index is 4.24. The Hall–Kier alpha value is -0.900. The van der Waals surface area contributed by atoms with Gasteiger partial charge in [-0.25, -0.2) is 4.98 Å². The highest BCUT2D eigenvalue weighted by Gasteiger charge is 2.09. The Morgan fingerprint density at radius 3 is 2.73 bits per heavy atom. The SMILES string of the molecule is CCC(C)C(C)NCCc1ncn(C)n1. The van der Waals surface area contributed by atoms with Crippen LogP contribution in [0.1, 0.15) is 33.0 Å². The van der Waals surface area contributed by atoms with Gasteiger partial charge in [0.05, 0.1) is 0 Å². The highest BCUT2D eigenvalue weighted by molar-refractivity contribution is 4.82. The van der Waals surface area contributed by atoms with Crippen molar-refractivity contribution in [2.24, 2.45) is 13.0 Å². The van der Waals surface area contributed by atoms with Crippen LogP contribution in [-0.2, 0) is 13.5 Å². The molecule has 0 bridgehead atoms. The van der Waals surface area contributed by atoms with Crippen LogP contribution in [-0.4, -0.2) is 27.4 Å². The topological polar surface area (TPSA) is 42.7 Å². The van der Waals surface area contributed by atoms with Crippen LogP contribution >= 0.6 is 0 Å². The van der Waals surface area contributed by atoms with Crippen LogP contribution in [0.15, 0.2) is 6.33 Å². The number of nitrogens with one attached hydrogen (secondary N) is 1. The first kappa shape index (κ1) is 12.2. The zero-order valence-corrected chi connectivity index (χ0v) is 10.2. The molecule has 0 aliphatic carbocycles. The molecule has 1 heterocycles. The molecule has 0 radical (unpaired) electrons. The molecule has 86 valence electrons. The summed E-state index contributed by atoms with van der Waals surface area (Å²) in [4.78, 5) is 4.19. The van der Waals surface area contributed by atoms with Crippen LogP contribution in [0.4, 0.5) is 0 Å². The number of hydrogen-bond donors (Lipinski definition) is 1. The number of nitrogens with zero attached hydrogens (tertiary/aromatic N) is 3. The zero-order chi connectivity index (χ0) is 11.3. The van der Waals surface area contributed by atoms with Crippen LogP contribution in [0.2, 0.25) is 0 Å². The van der Waals surface area contributed by atoms with Crippen molar-refractivity contribution in [3.05, 3.63) is 12.2 Å². The van der Waals surface area contributed by atoms with Gasteiger partial charge in [-0.3, -0.25) is 4.68 Å². The first-order valence-corrected chi connectivity index (χ1v) is 5.71. The van der Waals surface area contributed by atoms with E-state index in [2.05, 4.69) is 36.2 Å². The molecule has 1 aromatic rings. The van der Waals surface area contributed by atoms with Crippen molar-refractivity contribution in [1.82, 2.24) is 20.1 Å². The first-order chi connectivity index (χ1) is 7.13. The second-order valence-corrected chi connectivity index (χ2v) is 4.21. The van der Waals surface area contributed by atoms with Gasteiger partial charge >= 0.3 is 0 Å². The Bertz CT molecular complexity index is 282. The molecule has 0 aliphatic rings. The molecular formula is C11H22N4. The lowest BCUT2D eigenvalue weighted by Crippen LogP contribution is -2.33. The molecule has 0 spiro atoms. The predicted molar refractivity (Wildman–Crippen MR) is 61.6 cm³/mol. The van der Waals surface area contributed by atoms with E-state index >= 15 is 0 Å². The summed E-state index contributed by atoms with van der Waals surface area (Å²) in [6, 6.07) is 0.568. The molecule has 1 rings (SSSR count). The van der Waals surface area contributed by atoms with Gasteiger partial charge in [-0.05, 0) is 12.8 Å². The Balaban J connectivity index is 2.21. The lowest BCUT2D eigenvalue weighted by atomic mass is 10.0. The van der Waals surface area contributed by atoms with Crippen molar-refractivity contribution in [1.29, 1.82) is 0 Å². The highest BCUT2D eigenvalue weighted by Crippen LogP contribution is 2.06. The van der Waals surface area contributed by atoms with E-state index in [-0.39, 0.29) is 0 Å². The molecule has 0 saturated carbocycles. The first-order valence-electron chi connectivity index (χ1n) is 5.71. The van der Waals surface area contributed by atoms with Gasteiger partial charge in [-0.15, -0.1) is 0 Å². The minimum atomic E-state index is 0.568. The van der Waals surface area contributed by atoms with Gasteiger partial charge in [0.2, 0.25) is 0 Å². The van der Waals surface area contributed by atoms with E-state index in [0.717, 1.165) is 24.7 Å². The maximum atomic E-state index is 4.24. The molecule has 0 saturated heterocycles. The van der Waals surface area contributed by atoms with Crippen LogP contribution in [0.3, 0.4) is 0 Å². The summed E-state index contributed by atoms with van der Waals surface area (Å²) in [7, 11) is 1.89. The van der Waals surface area contributed by atoms with Crippen LogP contribution < -0.4 is 5.32 Å². The van der Waals surface area contributed by atoms with E-state index < -0.39 is 0 Å². The molecule has 2 atom stereocenters. The average Bonchev–Trinajstić information content (AvgIpc) is 2.63. The van der Waals surface area contributed by atoms with Gasteiger partial charge in [0, 0.05) is 26.1 Å². The zero-order valence-electron chi connectivity index (χ0n) is 10.2. The van der Waals surface area contributed by atoms with Crippen LogP contribution in [0.5, 0.6) is 0 Å². The van der Waals surface area contributed by atoms with Gasteiger partial charge in [-0.2, -0.15) is 5.10 Å². The number of rotatable bonds is 6. The number of aryl methyl sites for hydroxylation is 1. The standard InChI is InChI=1S/C11H22N4/c1-5-9(2)10(3)12-7-6-11-13-8-15(4)14-11/h8-10,12H,5-7H2,1-4H3. The lowest BCUT2D eigenvalue weighted by molar-refractivity contribution is 0.392. The minimum Gasteiger partial charge on any atom is -0.314 e. The summed E-state index contributed by atoms with van der Waals surface area (Å²) in [5.41, 5.74) is 0. The van der Waals surface area contributed by atoms with E-state index in [4.69, 9.17) is 0 Å². The minimum absolute atomic E-state index is 0.568. The predicted octanol–water partition coefficient (Wildman–Crippen LogP) is 1.38. The fourth-order valence-corrected chi connectivity index (χ4v) is 1.46. The number of hydrogen-bond acceptors (Lipinski definition) is 3. The van der Waals surface area contributed by atoms with Gasteiger partial charge in [0.15, 0.2) is 5.82 Å². The molecule has 0 amide bonds. The van der Waals surface area contributed by atoms with Crippen LogP contribution in [0, 0.1) is 5.92 Å². The summed E-state index contributed by atoms with van der Waals surface area (Å²) < 4.78 is 1.74. The van der Waals surface area contributed by atoms with Gasteiger partial charge in [0.25, 0.3) is 0 Å². The smallest absolute Gasteiger partial charge is 0.151 e. The fourth-order valence-electron chi connectivity index (χ4n) is 1.46. The second-order valence-electron chi connectivity index (χ2n) is 4.21. The molecule has 1 N–H and O–H groups in total. The Morgan fingerprint density at radius 1 is 1.47 bits per heavy atom. The van der Waals surface area contributed by atoms with Crippen molar-refractivity contribution < 1.29 is 0 Å². The van der Waals surface area contributed by atoms with Crippen molar-refractivity contribution in [3.8, 4) is 0 Å². The van der Waals surface area contributed by atoms with Crippen molar-refractivity contribution >= 4 is 0 Å². The van der Waals surface area contributed by atoms with Gasteiger partial charge in [-0.1, -0.05) is 20.3 Å². The third kappa shape index (κ3) is 4.00. The summed E-state index contributed by atoms with van der Waals surface area (Å²) in [6.45, 7) is 7.69. The normalized spacial score (nSPS) is 15.2. The van der Waals surface area contributed by atoms with Crippen LogP contribution in [0.25, 0.3) is 0 Å². The van der Waals surface area contributed by atoms with Crippen molar-refractivity contribution in [2.45, 2.75) is 39.7 Å². The second kappa shape index (κ2) is 5.85. The Kier molecular flexibility index (Phi) is 4.75. The van der Waals surface area contributed by atoms with E-state index in [0.29, 0.717) is 6.04 Å². The van der Waals surface area contributed by atoms with E-state index in [9.17, 15) is 0 Å². The van der Waals surface area contributed by atoms with Gasteiger partial charge in [0.1, 0.15) is 6.33 Å². The monoisotopic (exact) mass is 210 g/mol. The summed E-state index contributed by atoms with van der Waals surface area (Å²) in [6.07, 6.45) is 3.87. The van der Waals surface area contributed by atoms with E-state index in [1.807, 2.05) is 7.05 Å². The fraction of sp³-hybridized carbons (Fsp3) is 0.818. The molecule has 0 aliphatic heterocycles. The molecule has 15 heavy (non-hydrogen) atoms. The van der Waals surface area contributed by atoms with Crippen molar-refractivity contribution in [2.75, 3.05) is 6.54 Å². The molecule has 4 nitrogen and oxygen atoms in total. The largest absolute Gasteiger partial charge is 0.314 e. The third-order valence-corrected chi connectivity index (χ3v) is 2.96.